The molecule has 0 bridgehead atoms. The highest BCUT2D eigenvalue weighted by molar-refractivity contribution is 7.11. The third kappa shape index (κ3) is 3.16. The Balaban J connectivity index is 1.87. The van der Waals surface area contributed by atoms with Gasteiger partial charge in [-0.2, -0.15) is 0 Å². The van der Waals surface area contributed by atoms with Gasteiger partial charge in [0, 0.05) is 25.6 Å². The highest BCUT2D eigenvalue weighted by atomic mass is 32.1. The number of nitrogens with one attached hydrogen (secondary N) is 1. The Kier molecular flexibility index (Phi) is 4.94. The van der Waals surface area contributed by atoms with Crippen LogP contribution in [0.25, 0.3) is 0 Å². The zero-order chi connectivity index (χ0) is 14.7. The summed E-state index contributed by atoms with van der Waals surface area (Å²) in [4.78, 5) is 6.52. The van der Waals surface area contributed by atoms with Crippen LogP contribution in [0.4, 0.5) is 0 Å². The molecule has 2 aliphatic rings. The lowest BCUT2D eigenvalue weighted by Crippen LogP contribution is -2.49. The second-order valence-electron chi connectivity index (χ2n) is 6.19. The SMILES string of the molecule is COCCNC(COC)(c1nc2c(s1)CCCC2)C1CC1. The minimum Gasteiger partial charge on any atom is -0.383 e. The molecule has 0 saturated heterocycles. The van der Waals surface area contributed by atoms with Gasteiger partial charge in [0.2, 0.25) is 0 Å². The van der Waals surface area contributed by atoms with E-state index in [0.29, 0.717) is 12.5 Å². The van der Waals surface area contributed by atoms with Gasteiger partial charge in [0.05, 0.1) is 24.4 Å². The molecule has 1 saturated carbocycles. The maximum Gasteiger partial charge on any atom is 0.116 e. The lowest BCUT2D eigenvalue weighted by molar-refractivity contribution is 0.0841. The van der Waals surface area contributed by atoms with Crippen LogP contribution in [0.3, 0.4) is 0 Å². The quantitative estimate of drug-likeness (QED) is 0.749. The van der Waals surface area contributed by atoms with E-state index in [1.165, 1.54) is 47.7 Å². The van der Waals surface area contributed by atoms with Gasteiger partial charge < -0.3 is 14.8 Å². The molecule has 1 aromatic heterocycles. The van der Waals surface area contributed by atoms with Crippen LogP contribution in [0.2, 0.25) is 0 Å². The molecule has 21 heavy (non-hydrogen) atoms. The third-order valence-electron chi connectivity index (χ3n) is 4.62. The summed E-state index contributed by atoms with van der Waals surface area (Å²) in [6, 6.07) is 0. The van der Waals surface area contributed by atoms with Crippen molar-refractivity contribution >= 4 is 11.3 Å². The number of aromatic nitrogens is 1. The van der Waals surface area contributed by atoms with Crippen molar-refractivity contribution in [1.82, 2.24) is 10.3 Å². The van der Waals surface area contributed by atoms with E-state index < -0.39 is 0 Å². The van der Waals surface area contributed by atoms with Crippen LogP contribution < -0.4 is 5.32 Å². The molecule has 0 amide bonds. The zero-order valence-electron chi connectivity index (χ0n) is 13.1. The summed E-state index contributed by atoms with van der Waals surface area (Å²) in [7, 11) is 3.54. The van der Waals surface area contributed by atoms with Gasteiger partial charge in [0.1, 0.15) is 5.01 Å². The molecule has 2 aliphatic carbocycles. The van der Waals surface area contributed by atoms with Gasteiger partial charge in [-0.1, -0.05) is 0 Å². The molecule has 0 aliphatic heterocycles. The predicted molar refractivity (Wildman–Crippen MR) is 84.9 cm³/mol. The summed E-state index contributed by atoms with van der Waals surface area (Å²) in [6.07, 6.45) is 7.50. The molecule has 0 aromatic carbocycles. The van der Waals surface area contributed by atoms with Crippen molar-refractivity contribution in [3.05, 3.63) is 15.6 Å². The predicted octanol–water partition coefficient (Wildman–Crippen LogP) is 2.51. The Morgan fingerprint density at radius 3 is 2.71 bits per heavy atom. The Hall–Kier alpha value is -0.490. The third-order valence-corrected chi connectivity index (χ3v) is 5.96. The maximum absolute atomic E-state index is 5.59. The van der Waals surface area contributed by atoms with Crippen LogP contribution >= 0.6 is 11.3 Å². The fraction of sp³-hybridized carbons (Fsp3) is 0.812. The Labute approximate surface area is 131 Å². The zero-order valence-corrected chi connectivity index (χ0v) is 13.9. The molecule has 5 heteroatoms. The van der Waals surface area contributed by atoms with Crippen molar-refractivity contribution in [3.8, 4) is 0 Å². The van der Waals surface area contributed by atoms with Gasteiger partial charge >= 0.3 is 0 Å². The molecule has 118 valence electrons. The van der Waals surface area contributed by atoms with E-state index in [9.17, 15) is 0 Å². The highest BCUT2D eigenvalue weighted by Crippen LogP contribution is 2.48. The minimum atomic E-state index is -0.102. The summed E-state index contributed by atoms with van der Waals surface area (Å²) < 4.78 is 10.8. The van der Waals surface area contributed by atoms with Crippen LogP contribution in [-0.2, 0) is 27.9 Å². The van der Waals surface area contributed by atoms with Crippen molar-refractivity contribution in [1.29, 1.82) is 0 Å². The van der Waals surface area contributed by atoms with Crippen LogP contribution in [0, 0.1) is 5.92 Å². The molecule has 1 atom stereocenters. The van der Waals surface area contributed by atoms with Crippen molar-refractivity contribution < 1.29 is 9.47 Å². The first-order valence-corrected chi connectivity index (χ1v) is 8.84. The maximum atomic E-state index is 5.59. The lowest BCUT2D eigenvalue weighted by Gasteiger charge is -2.32. The average molecular weight is 310 g/mol. The van der Waals surface area contributed by atoms with Crippen molar-refractivity contribution in [3.63, 3.8) is 0 Å². The van der Waals surface area contributed by atoms with Crippen LogP contribution in [0.5, 0.6) is 0 Å². The summed E-state index contributed by atoms with van der Waals surface area (Å²) in [6.45, 7) is 2.28. The van der Waals surface area contributed by atoms with Gasteiger partial charge in [0.25, 0.3) is 0 Å². The Morgan fingerprint density at radius 2 is 2.05 bits per heavy atom. The first kappa shape index (κ1) is 15.4. The number of hydrogen-bond donors (Lipinski definition) is 1. The molecule has 1 heterocycles. The Bertz CT molecular complexity index is 449. The van der Waals surface area contributed by atoms with Gasteiger partial charge in [-0.3, -0.25) is 0 Å². The molecule has 1 N–H and O–H groups in total. The number of aryl methyl sites for hydroxylation is 2. The number of fused-ring (bicyclic) bond motifs is 1. The summed E-state index contributed by atoms with van der Waals surface area (Å²) in [5.41, 5.74) is 1.24. The average Bonchev–Trinajstić information content (AvgIpc) is 3.25. The monoisotopic (exact) mass is 310 g/mol. The van der Waals surface area contributed by atoms with Gasteiger partial charge in [-0.25, -0.2) is 4.98 Å². The lowest BCUT2D eigenvalue weighted by atomic mass is 9.94. The van der Waals surface area contributed by atoms with Crippen molar-refractivity contribution in [2.45, 2.75) is 44.1 Å². The first-order valence-electron chi connectivity index (χ1n) is 8.02. The van der Waals surface area contributed by atoms with Crippen LogP contribution in [0.15, 0.2) is 0 Å². The van der Waals surface area contributed by atoms with E-state index in [1.54, 1.807) is 14.2 Å². The first-order chi connectivity index (χ1) is 10.3. The van der Waals surface area contributed by atoms with Gasteiger partial charge in [-0.05, 0) is 44.4 Å². The molecule has 3 rings (SSSR count). The van der Waals surface area contributed by atoms with E-state index in [2.05, 4.69) is 5.32 Å². The number of nitrogens with zero attached hydrogens (tertiary/aromatic N) is 1. The largest absolute Gasteiger partial charge is 0.383 e. The summed E-state index contributed by atoms with van der Waals surface area (Å²) in [5, 5.41) is 4.97. The molecule has 0 radical (unpaired) electrons. The second-order valence-corrected chi connectivity index (χ2v) is 7.28. The normalized spacial score (nSPS) is 21.0. The summed E-state index contributed by atoms with van der Waals surface area (Å²) >= 11 is 1.91. The Morgan fingerprint density at radius 1 is 1.24 bits per heavy atom. The number of methoxy groups -OCH3 is 2. The number of hydrogen-bond acceptors (Lipinski definition) is 5. The van der Waals surface area contributed by atoms with E-state index in [1.807, 2.05) is 11.3 Å². The van der Waals surface area contributed by atoms with E-state index in [4.69, 9.17) is 14.5 Å². The van der Waals surface area contributed by atoms with E-state index in [-0.39, 0.29) is 5.54 Å². The molecule has 1 aromatic rings. The van der Waals surface area contributed by atoms with E-state index >= 15 is 0 Å². The molecular weight excluding hydrogens is 284 g/mol. The number of thiazole rings is 1. The van der Waals surface area contributed by atoms with E-state index in [0.717, 1.165) is 19.6 Å². The van der Waals surface area contributed by atoms with Crippen LogP contribution in [0.1, 0.15) is 41.3 Å². The molecular formula is C16H26N2O2S. The van der Waals surface area contributed by atoms with Gasteiger partial charge in [-0.15, -0.1) is 11.3 Å². The topological polar surface area (TPSA) is 43.4 Å². The molecule has 1 unspecified atom stereocenters. The molecule has 4 nitrogen and oxygen atoms in total. The minimum absolute atomic E-state index is 0.102. The summed E-state index contributed by atoms with van der Waals surface area (Å²) in [5.74, 6) is 0.655. The number of ether oxygens (including phenoxy) is 2. The fourth-order valence-electron chi connectivity index (χ4n) is 3.35. The highest BCUT2D eigenvalue weighted by Gasteiger charge is 2.48. The molecule has 1 fully saturated rings. The number of rotatable bonds is 8. The standard InChI is InChI=1S/C16H26N2O2S/c1-19-10-9-17-16(11-20-2,12-7-8-12)15-18-13-5-3-4-6-14(13)21-15/h12,17H,3-11H2,1-2H3. The van der Waals surface area contributed by atoms with Gasteiger partial charge in [0.15, 0.2) is 0 Å². The second kappa shape index (κ2) is 6.73. The van der Waals surface area contributed by atoms with Crippen molar-refractivity contribution in [2.75, 3.05) is 34.0 Å². The smallest absolute Gasteiger partial charge is 0.116 e. The van der Waals surface area contributed by atoms with Crippen LogP contribution in [-0.4, -0.2) is 39.0 Å². The van der Waals surface area contributed by atoms with Crippen molar-refractivity contribution in [2.24, 2.45) is 5.92 Å². The molecule has 0 spiro atoms. The fourth-order valence-corrected chi connectivity index (χ4v) is 4.73.